The van der Waals surface area contributed by atoms with Crippen molar-refractivity contribution in [1.29, 1.82) is 0 Å². The second kappa shape index (κ2) is 3.40. The van der Waals surface area contributed by atoms with Gasteiger partial charge in [-0.1, -0.05) is 6.58 Å². The molecule has 0 atom stereocenters. The summed E-state index contributed by atoms with van der Waals surface area (Å²) >= 11 is 0. The molecule has 0 aromatic rings. The van der Waals surface area contributed by atoms with Gasteiger partial charge in [0.1, 0.15) is 0 Å². The standard InChI is InChI=1S/C3H5BFNO/c1-2-6(3-7)4-5/h2-4H,1H2. The topological polar surface area (TPSA) is 20.3 Å². The first-order chi connectivity index (χ1) is 3.35. The minimum atomic E-state index is -0.799. The predicted molar refractivity (Wildman–Crippen MR) is 26.4 cm³/mol. The van der Waals surface area contributed by atoms with Crippen molar-refractivity contribution in [2.75, 3.05) is 0 Å². The number of rotatable bonds is 3. The van der Waals surface area contributed by atoms with Crippen LogP contribution in [0.4, 0.5) is 4.32 Å². The summed E-state index contributed by atoms with van der Waals surface area (Å²) in [4.78, 5) is 10.4. The molecular formula is C3H5BFNO. The third-order valence-electron chi connectivity index (χ3n) is 0.508. The number of nitrogens with zero attached hydrogens (tertiary/aromatic N) is 1. The Morgan fingerprint density at radius 2 is 2.43 bits per heavy atom. The Balaban J connectivity index is 3.36. The number of hydrogen-bond acceptors (Lipinski definition) is 1. The summed E-state index contributed by atoms with van der Waals surface area (Å²) in [5.74, 6) is 0. The molecule has 0 rings (SSSR count). The highest BCUT2D eigenvalue weighted by molar-refractivity contribution is 6.26. The highest BCUT2D eigenvalue weighted by atomic mass is 19.1. The molecule has 0 aromatic heterocycles. The molecule has 0 heterocycles. The summed E-state index contributed by atoms with van der Waals surface area (Å²) in [6, 6.07) is 0. The predicted octanol–water partition coefficient (Wildman–Crippen LogP) is -0.176. The fraction of sp³-hybridized carbons (Fsp3) is 0. The zero-order valence-electron chi connectivity index (χ0n) is 3.80. The molecule has 2 nitrogen and oxygen atoms in total. The molecule has 0 saturated heterocycles. The van der Waals surface area contributed by atoms with Crippen molar-refractivity contribution in [3.8, 4) is 0 Å². The fourth-order valence-corrected chi connectivity index (χ4v) is 0.120. The first kappa shape index (κ1) is 6.20. The van der Waals surface area contributed by atoms with Crippen molar-refractivity contribution < 1.29 is 9.11 Å². The number of hydrogen-bond donors (Lipinski definition) is 0. The van der Waals surface area contributed by atoms with Gasteiger partial charge in [0, 0.05) is 0 Å². The van der Waals surface area contributed by atoms with Gasteiger partial charge < -0.3 is 9.13 Å². The van der Waals surface area contributed by atoms with Gasteiger partial charge in [-0.05, 0) is 6.20 Å². The van der Waals surface area contributed by atoms with E-state index < -0.39 is 7.69 Å². The SMILES string of the molecule is C=CN(BF)C=O. The summed E-state index contributed by atoms with van der Waals surface area (Å²) in [6.07, 6.45) is 1.49. The zero-order chi connectivity index (χ0) is 5.70. The second-order valence-electron chi connectivity index (χ2n) is 0.922. The number of halogens is 1. The minimum Gasteiger partial charge on any atom is -0.339 e. The van der Waals surface area contributed by atoms with Crippen molar-refractivity contribution in [2.45, 2.75) is 0 Å². The Labute approximate surface area is 41.9 Å². The summed E-state index contributed by atoms with van der Waals surface area (Å²) in [7, 11) is -0.799. The first-order valence-corrected chi connectivity index (χ1v) is 1.74. The molecule has 0 unspecified atom stereocenters. The zero-order valence-corrected chi connectivity index (χ0v) is 3.80. The van der Waals surface area contributed by atoms with Crippen LogP contribution in [-0.2, 0) is 4.79 Å². The number of amides is 1. The van der Waals surface area contributed by atoms with Crippen LogP contribution in [0, 0.1) is 0 Å². The molecular weight excluding hydrogens is 95.8 g/mol. The van der Waals surface area contributed by atoms with E-state index in [9.17, 15) is 9.11 Å². The van der Waals surface area contributed by atoms with Gasteiger partial charge in [-0.2, -0.15) is 0 Å². The van der Waals surface area contributed by atoms with E-state index in [1.807, 2.05) is 0 Å². The van der Waals surface area contributed by atoms with Crippen molar-refractivity contribution >= 4 is 14.1 Å². The van der Waals surface area contributed by atoms with E-state index in [0.717, 1.165) is 11.0 Å². The molecule has 0 aromatic carbocycles. The number of carbonyl (C=O) groups excluding carboxylic acids is 1. The Hall–Kier alpha value is -0.795. The molecule has 4 heteroatoms. The van der Waals surface area contributed by atoms with E-state index in [4.69, 9.17) is 0 Å². The third kappa shape index (κ3) is 1.97. The van der Waals surface area contributed by atoms with Gasteiger partial charge >= 0.3 is 7.69 Å². The van der Waals surface area contributed by atoms with Crippen molar-refractivity contribution in [3.05, 3.63) is 12.8 Å². The summed E-state index contributed by atoms with van der Waals surface area (Å²) < 4.78 is 11.3. The second-order valence-corrected chi connectivity index (χ2v) is 0.922. The lowest BCUT2D eigenvalue weighted by Crippen LogP contribution is -2.14. The van der Waals surface area contributed by atoms with Crippen LogP contribution in [0.15, 0.2) is 12.8 Å². The largest absolute Gasteiger partial charge is 0.450 e. The summed E-state index contributed by atoms with van der Waals surface area (Å²) in [6.45, 7) is 3.16. The summed E-state index contributed by atoms with van der Waals surface area (Å²) in [5.41, 5.74) is 0. The van der Waals surface area contributed by atoms with E-state index in [2.05, 4.69) is 6.58 Å². The van der Waals surface area contributed by atoms with Gasteiger partial charge in [-0.3, -0.25) is 4.79 Å². The van der Waals surface area contributed by atoms with E-state index in [1.165, 1.54) is 0 Å². The van der Waals surface area contributed by atoms with E-state index in [0.29, 0.717) is 6.41 Å². The highest BCUT2D eigenvalue weighted by Crippen LogP contribution is 1.75. The van der Waals surface area contributed by atoms with Gasteiger partial charge in [-0.25, -0.2) is 0 Å². The maximum absolute atomic E-state index is 11.3. The van der Waals surface area contributed by atoms with E-state index >= 15 is 0 Å². The lowest BCUT2D eigenvalue weighted by atomic mass is 10.3. The van der Waals surface area contributed by atoms with Gasteiger partial charge in [0.2, 0.25) is 6.41 Å². The van der Waals surface area contributed by atoms with Crippen LogP contribution in [0.3, 0.4) is 0 Å². The van der Waals surface area contributed by atoms with Crippen LogP contribution in [0.2, 0.25) is 0 Å². The maximum Gasteiger partial charge on any atom is 0.450 e. The normalized spacial score (nSPS) is 7.00. The van der Waals surface area contributed by atoms with Gasteiger partial charge in [0.05, 0.1) is 0 Å². The first-order valence-electron chi connectivity index (χ1n) is 1.74. The van der Waals surface area contributed by atoms with Gasteiger partial charge in [-0.15, -0.1) is 0 Å². The molecule has 0 fully saturated rings. The third-order valence-corrected chi connectivity index (χ3v) is 0.508. The Morgan fingerprint density at radius 1 is 1.86 bits per heavy atom. The molecule has 0 radical (unpaired) electrons. The molecule has 0 bridgehead atoms. The Morgan fingerprint density at radius 3 is 2.43 bits per heavy atom. The molecule has 7 heavy (non-hydrogen) atoms. The van der Waals surface area contributed by atoms with Crippen LogP contribution < -0.4 is 0 Å². The lowest BCUT2D eigenvalue weighted by molar-refractivity contribution is -0.112. The molecule has 0 spiro atoms. The number of carbonyl (C=O) groups is 1. The van der Waals surface area contributed by atoms with Crippen molar-refractivity contribution in [1.82, 2.24) is 4.81 Å². The molecule has 1 amide bonds. The minimum absolute atomic E-state index is 0.368. The highest BCUT2D eigenvalue weighted by Gasteiger charge is 1.92. The van der Waals surface area contributed by atoms with Crippen molar-refractivity contribution in [2.24, 2.45) is 0 Å². The molecule has 0 saturated carbocycles. The van der Waals surface area contributed by atoms with Crippen LogP contribution >= 0.6 is 0 Å². The quantitative estimate of drug-likeness (QED) is 0.356. The van der Waals surface area contributed by atoms with Crippen LogP contribution in [0.25, 0.3) is 0 Å². The average molecular weight is 101 g/mol. The van der Waals surface area contributed by atoms with Gasteiger partial charge in [0.25, 0.3) is 0 Å². The van der Waals surface area contributed by atoms with Crippen LogP contribution in [0.5, 0.6) is 0 Å². The van der Waals surface area contributed by atoms with Gasteiger partial charge in [0.15, 0.2) is 0 Å². The summed E-state index contributed by atoms with van der Waals surface area (Å²) in [5, 5.41) is 0. The average Bonchev–Trinajstić information content (AvgIpc) is 1.72. The molecule has 0 aliphatic rings. The molecule has 0 aliphatic heterocycles. The Bertz CT molecular complexity index is 69.3. The fourth-order valence-electron chi connectivity index (χ4n) is 0.120. The monoisotopic (exact) mass is 101 g/mol. The molecule has 0 N–H and O–H groups in total. The molecule has 0 aliphatic carbocycles. The van der Waals surface area contributed by atoms with E-state index in [1.54, 1.807) is 0 Å². The molecule has 38 valence electrons. The van der Waals surface area contributed by atoms with E-state index in [-0.39, 0.29) is 0 Å². The van der Waals surface area contributed by atoms with Crippen molar-refractivity contribution in [3.63, 3.8) is 0 Å². The Kier molecular flexibility index (Phi) is 3.01. The smallest absolute Gasteiger partial charge is 0.339 e. The van der Waals surface area contributed by atoms with Crippen LogP contribution in [-0.4, -0.2) is 18.9 Å². The maximum atomic E-state index is 11.3. The lowest BCUT2D eigenvalue weighted by Gasteiger charge is -1.99. The van der Waals surface area contributed by atoms with Crippen LogP contribution in [0.1, 0.15) is 0 Å².